The molecule has 0 heterocycles. The zero-order valence-corrected chi connectivity index (χ0v) is 14.5. The van der Waals surface area contributed by atoms with Gasteiger partial charge in [-0.3, -0.25) is 4.90 Å². The maximum atomic E-state index is 3.48. The molecule has 0 aliphatic carbocycles. The van der Waals surface area contributed by atoms with Crippen LogP contribution in [0.15, 0.2) is 24.3 Å². The summed E-state index contributed by atoms with van der Waals surface area (Å²) >= 11 is 0. The summed E-state index contributed by atoms with van der Waals surface area (Å²) in [6.07, 6.45) is 0. The zero-order valence-electron chi connectivity index (χ0n) is 14.5. The molecule has 0 bridgehead atoms. The van der Waals surface area contributed by atoms with Crippen LogP contribution < -0.4 is 10.6 Å². The number of benzene rings is 1. The Kier molecular flexibility index (Phi) is 7.94. The summed E-state index contributed by atoms with van der Waals surface area (Å²) in [6.45, 7) is 17.2. The second-order valence-electron chi connectivity index (χ2n) is 6.63. The quantitative estimate of drug-likeness (QED) is 0.685. The Hall–Kier alpha value is -0.900. The molecular formula is C18H33N3. The maximum Gasteiger partial charge on any atom is 0.0233 e. The largest absolute Gasteiger partial charge is 0.311 e. The minimum absolute atomic E-state index is 0.202. The molecule has 0 aliphatic rings. The third kappa shape index (κ3) is 8.20. The van der Waals surface area contributed by atoms with Crippen LogP contribution in [0.5, 0.6) is 0 Å². The van der Waals surface area contributed by atoms with Crippen LogP contribution in [-0.4, -0.2) is 36.6 Å². The lowest BCUT2D eigenvalue weighted by molar-refractivity contribution is 0.296. The second-order valence-corrected chi connectivity index (χ2v) is 6.63. The summed E-state index contributed by atoms with van der Waals surface area (Å²) in [6, 6.07) is 8.98. The van der Waals surface area contributed by atoms with Gasteiger partial charge in [0.1, 0.15) is 0 Å². The fourth-order valence-corrected chi connectivity index (χ4v) is 2.23. The lowest BCUT2D eigenvalue weighted by atomic mass is 10.1. The summed E-state index contributed by atoms with van der Waals surface area (Å²) in [5.41, 5.74) is 2.96. The molecule has 0 radical (unpaired) electrons. The summed E-state index contributed by atoms with van der Waals surface area (Å²) in [4.78, 5) is 2.44. The molecule has 2 N–H and O–H groups in total. The van der Waals surface area contributed by atoms with E-state index in [1.165, 1.54) is 11.1 Å². The molecule has 120 valence electrons. The van der Waals surface area contributed by atoms with Crippen LogP contribution in [0.2, 0.25) is 0 Å². The summed E-state index contributed by atoms with van der Waals surface area (Å²) in [7, 11) is 0. The van der Waals surface area contributed by atoms with E-state index in [1.807, 2.05) is 0 Å². The number of nitrogens with zero attached hydrogens (tertiary/aromatic N) is 1. The Morgan fingerprint density at radius 1 is 0.905 bits per heavy atom. The highest BCUT2D eigenvalue weighted by atomic mass is 15.1. The van der Waals surface area contributed by atoms with Gasteiger partial charge in [0.05, 0.1) is 0 Å². The molecule has 21 heavy (non-hydrogen) atoms. The third-order valence-electron chi connectivity index (χ3n) is 3.61. The van der Waals surface area contributed by atoms with Crippen molar-refractivity contribution >= 4 is 0 Å². The minimum Gasteiger partial charge on any atom is -0.311 e. The highest BCUT2D eigenvalue weighted by molar-refractivity contribution is 5.22. The predicted octanol–water partition coefficient (Wildman–Crippen LogP) is 3.01. The molecule has 0 fully saturated rings. The molecule has 0 aliphatic heterocycles. The first-order valence-electron chi connectivity index (χ1n) is 8.20. The lowest BCUT2D eigenvalue weighted by Gasteiger charge is -2.20. The Morgan fingerprint density at radius 3 is 2.00 bits per heavy atom. The molecule has 0 saturated carbocycles. The van der Waals surface area contributed by atoms with Crippen LogP contribution in [0.1, 0.15) is 45.7 Å². The first-order chi connectivity index (χ1) is 9.94. The molecule has 0 atom stereocenters. The van der Waals surface area contributed by atoms with E-state index in [2.05, 4.69) is 74.4 Å². The fourth-order valence-electron chi connectivity index (χ4n) is 2.23. The minimum atomic E-state index is 0.202. The van der Waals surface area contributed by atoms with E-state index < -0.39 is 0 Å². The zero-order chi connectivity index (χ0) is 15.7. The number of hydrogen-bond donors (Lipinski definition) is 2. The SMILES string of the molecule is CCN(CC)Cc1ccc(CNCCNC(C)(C)C)cc1. The van der Waals surface area contributed by atoms with E-state index in [0.717, 1.165) is 39.3 Å². The van der Waals surface area contributed by atoms with E-state index >= 15 is 0 Å². The van der Waals surface area contributed by atoms with E-state index in [-0.39, 0.29) is 5.54 Å². The van der Waals surface area contributed by atoms with Crippen molar-refractivity contribution in [1.29, 1.82) is 0 Å². The summed E-state index contributed by atoms with van der Waals surface area (Å²) in [5.74, 6) is 0. The van der Waals surface area contributed by atoms with E-state index in [0.29, 0.717) is 0 Å². The van der Waals surface area contributed by atoms with Gasteiger partial charge in [-0.2, -0.15) is 0 Å². The van der Waals surface area contributed by atoms with Crippen molar-refractivity contribution in [2.45, 2.75) is 53.2 Å². The van der Waals surface area contributed by atoms with Gasteiger partial charge in [0.15, 0.2) is 0 Å². The normalized spacial score (nSPS) is 12.1. The molecule has 3 nitrogen and oxygen atoms in total. The van der Waals surface area contributed by atoms with Gasteiger partial charge in [-0.25, -0.2) is 0 Å². The van der Waals surface area contributed by atoms with E-state index in [4.69, 9.17) is 0 Å². The molecule has 0 aromatic heterocycles. The summed E-state index contributed by atoms with van der Waals surface area (Å²) in [5, 5.41) is 6.97. The van der Waals surface area contributed by atoms with E-state index in [9.17, 15) is 0 Å². The van der Waals surface area contributed by atoms with Gasteiger partial charge in [0.25, 0.3) is 0 Å². The van der Waals surface area contributed by atoms with Gasteiger partial charge < -0.3 is 10.6 Å². The molecule has 1 rings (SSSR count). The van der Waals surface area contributed by atoms with Crippen molar-refractivity contribution in [1.82, 2.24) is 15.5 Å². The number of hydrogen-bond acceptors (Lipinski definition) is 3. The van der Waals surface area contributed by atoms with Gasteiger partial charge in [0, 0.05) is 31.7 Å². The van der Waals surface area contributed by atoms with Crippen LogP contribution in [-0.2, 0) is 13.1 Å². The smallest absolute Gasteiger partial charge is 0.0233 e. The first kappa shape index (κ1) is 18.1. The van der Waals surface area contributed by atoms with Gasteiger partial charge in [-0.05, 0) is 45.0 Å². The number of nitrogens with one attached hydrogen (secondary N) is 2. The highest BCUT2D eigenvalue weighted by Crippen LogP contribution is 2.07. The number of rotatable bonds is 9. The van der Waals surface area contributed by atoms with Gasteiger partial charge in [-0.15, -0.1) is 0 Å². The van der Waals surface area contributed by atoms with Crippen LogP contribution in [0.3, 0.4) is 0 Å². The molecular weight excluding hydrogens is 258 g/mol. The molecule has 3 heteroatoms. The Labute approximate surface area is 131 Å². The van der Waals surface area contributed by atoms with Crippen LogP contribution >= 0.6 is 0 Å². The van der Waals surface area contributed by atoms with Crippen molar-refractivity contribution in [2.24, 2.45) is 0 Å². The Balaban J connectivity index is 2.28. The Morgan fingerprint density at radius 2 is 1.48 bits per heavy atom. The second kappa shape index (κ2) is 9.19. The third-order valence-corrected chi connectivity index (χ3v) is 3.61. The lowest BCUT2D eigenvalue weighted by Crippen LogP contribution is -2.40. The summed E-state index contributed by atoms with van der Waals surface area (Å²) < 4.78 is 0. The maximum absolute atomic E-state index is 3.48. The molecule has 0 saturated heterocycles. The molecule has 0 amide bonds. The Bertz CT molecular complexity index is 374. The van der Waals surface area contributed by atoms with Crippen molar-refractivity contribution in [3.63, 3.8) is 0 Å². The molecule has 1 aromatic carbocycles. The topological polar surface area (TPSA) is 27.3 Å². The monoisotopic (exact) mass is 291 g/mol. The standard InChI is InChI=1S/C18H33N3/c1-6-21(7-2)15-17-10-8-16(9-11-17)14-19-12-13-20-18(3,4)5/h8-11,19-20H,6-7,12-15H2,1-5H3. The first-order valence-corrected chi connectivity index (χ1v) is 8.20. The van der Waals surface area contributed by atoms with Gasteiger partial charge in [0.2, 0.25) is 0 Å². The van der Waals surface area contributed by atoms with Gasteiger partial charge >= 0.3 is 0 Å². The predicted molar refractivity (Wildman–Crippen MR) is 92.5 cm³/mol. The van der Waals surface area contributed by atoms with E-state index in [1.54, 1.807) is 0 Å². The van der Waals surface area contributed by atoms with Crippen molar-refractivity contribution < 1.29 is 0 Å². The van der Waals surface area contributed by atoms with Crippen molar-refractivity contribution in [3.8, 4) is 0 Å². The molecule has 0 spiro atoms. The van der Waals surface area contributed by atoms with Crippen LogP contribution in [0.25, 0.3) is 0 Å². The average molecular weight is 291 g/mol. The highest BCUT2D eigenvalue weighted by Gasteiger charge is 2.06. The van der Waals surface area contributed by atoms with Crippen LogP contribution in [0.4, 0.5) is 0 Å². The van der Waals surface area contributed by atoms with Gasteiger partial charge in [-0.1, -0.05) is 38.1 Å². The fraction of sp³-hybridized carbons (Fsp3) is 0.667. The van der Waals surface area contributed by atoms with Crippen molar-refractivity contribution in [2.75, 3.05) is 26.2 Å². The molecule has 1 aromatic rings. The van der Waals surface area contributed by atoms with Crippen LogP contribution in [0, 0.1) is 0 Å². The molecule has 0 unspecified atom stereocenters. The van der Waals surface area contributed by atoms with Crippen molar-refractivity contribution in [3.05, 3.63) is 35.4 Å². The average Bonchev–Trinajstić information content (AvgIpc) is 2.44.